The number of aromatic nitrogens is 1. The lowest BCUT2D eigenvalue weighted by molar-refractivity contribution is 0.305. The highest BCUT2D eigenvalue weighted by atomic mass is 32.2. The Morgan fingerprint density at radius 3 is 2.32 bits per heavy atom. The molecule has 25 heavy (non-hydrogen) atoms. The van der Waals surface area contributed by atoms with Crippen LogP contribution in [0, 0.1) is 5.82 Å². The largest absolute Gasteiger partial charge is 0.489 e. The Balaban J connectivity index is 1.67. The van der Waals surface area contributed by atoms with E-state index >= 15 is 0 Å². The van der Waals surface area contributed by atoms with E-state index in [4.69, 9.17) is 8.92 Å². The summed E-state index contributed by atoms with van der Waals surface area (Å²) in [5.41, 5.74) is 0.907. The Kier molecular flexibility index (Phi) is 4.95. The van der Waals surface area contributed by atoms with Crippen molar-refractivity contribution in [2.45, 2.75) is 11.5 Å². The third kappa shape index (κ3) is 4.33. The van der Waals surface area contributed by atoms with E-state index in [1.807, 2.05) is 12.1 Å². The Bertz CT molecular complexity index is 944. The number of hydrogen-bond donors (Lipinski definition) is 0. The highest BCUT2D eigenvalue weighted by Crippen LogP contribution is 2.23. The molecule has 1 heterocycles. The molecule has 0 fully saturated rings. The van der Waals surface area contributed by atoms with Crippen LogP contribution >= 0.6 is 0 Å². The molecule has 0 aliphatic heterocycles. The Morgan fingerprint density at radius 1 is 0.920 bits per heavy atom. The summed E-state index contributed by atoms with van der Waals surface area (Å²) in [5.74, 6) is -0.254. The molecule has 0 saturated carbocycles. The molecule has 5 nitrogen and oxygen atoms in total. The average molecular weight is 359 g/mol. The Hall–Kier alpha value is -2.93. The predicted molar refractivity (Wildman–Crippen MR) is 89.2 cm³/mol. The van der Waals surface area contributed by atoms with E-state index < -0.39 is 20.8 Å². The molecule has 128 valence electrons. The van der Waals surface area contributed by atoms with Crippen LogP contribution in [0.25, 0.3) is 0 Å². The molecule has 1 aromatic heterocycles. The topological polar surface area (TPSA) is 65.5 Å². The van der Waals surface area contributed by atoms with Gasteiger partial charge in [-0.05, 0) is 42.5 Å². The minimum absolute atomic E-state index is 0.0666. The van der Waals surface area contributed by atoms with Crippen LogP contribution in [0.4, 0.5) is 4.39 Å². The van der Waals surface area contributed by atoms with Crippen LogP contribution in [-0.4, -0.2) is 13.4 Å². The number of rotatable bonds is 6. The van der Waals surface area contributed by atoms with Crippen LogP contribution in [0.1, 0.15) is 5.56 Å². The number of hydrogen-bond acceptors (Lipinski definition) is 5. The number of ether oxygens (including phenoxy) is 1. The molecule has 3 rings (SSSR count). The van der Waals surface area contributed by atoms with Crippen molar-refractivity contribution in [1.29, 1.82) is 0 Å². The summed E-state index contributed by atoms with van der Waals surface area (Å²) in [7, 11) is -4.24. The van der Waals surface area contributed by atoms with Crippen LogP contribution in [0.15, 0.2) is 78.0 Å². The summed E-state index contributed by atoms with van der Waals surface area (Å²) in [5, 5.41) is 0. The zero-order chi connectivity index (χ0) is 17.7. The van der Waals surface area contributed by atoms with Crippen molar-refractivity contribution in [3.8, 4) is 11.5 Å². The normalized spacial score (nSPS) is 11.1. The molecule has 2 aromatic carbocycles. The van der Waals surface area contributed by atoms with Gasteiger partial charge >= 0.3 is 10.1 Å². The lowest BCUT2D eigenvalue weighted by Crippen LogP contribution is -2.11. The maximum atomic E-state index is 13.6. The fourth-order valence-electron chi connectivity index (χ4n) is 2.06. The molecule has 0 amide bonds. The van der Waals surface area contributed by atoms with Crippen molar-refractivity contribution in [3.63, 3.8) is 0 Å². The van der Waals surface area contributed by atoms with E-state index in [0.717, 1.165) is 17.7 Å². The van der Waals surface area contributed by atoms with E-state index in [1.165, 1.54) is 24.3 Å². The minimum atomic E-state index is -4.24. The Labute approximate surface area is 144 Å². The fourth-order valence-corrected chi connectivity index (χ4v) is 3.07. The van der Waals surface area contributed by atoms with Crippen LogP contribution in [0.3, 0.4) is 0 Å². The monoisotopic (exact) mass is 359 g/mol. The van der Waals surface area contributed by atoms with Crippen LogP contribution in [-0.2, 0) is 16.7 Å². The van der Waals surface area contributed by atoms with E-state index in [0.29, 0.717) is 12.4 Å². The van der Waals surface area contributed by atoms with Gasteiger partial charge in [0.25, 0.3) is 0 Å². The van der Waals surface area contributed by atoms with Crippen molar-refractivity contribution in [1.82, 2.24) is 4.98 Å². The first-order chi connectivity index (χ1) is 12.0. The third-order valence-corrected chi connectivity index (χ3v) is 4.55. The molecule has 0 unspecified atom stereocenters. The van der Waals surface area contributed by atoms with Gasteiger partial charge in [0.05, 0.1) is 0 Å². The van der Waals surface area contributed by atoms with Crippen LogP contribution in [0.5, 0.6) is 11.5 Å². The first kappa shape index (κ1) is 16.9. The summed E-state index contributed by atoms with van der Waals surface area (Å²) in [6, 6.07) is 14.8. The van der Waals surface area contributed by atoms with Crippen molar-refractivity contribution in [2.24, 2.45) is 0 Å². The van der Waals surface area contributed by atoms with Gasteiger partial charge in [-0.1, -0.05) is 18.2 Å². The molecule has 0 saturated heterocycles. The molecule has 0 aliphatic rings. The highest BCUT2D eigenvalue weighted by molar-refractivity contribution is 7.87. The zero-order valence-corrected chi connectivity index (χ0v) is 13.8. The lowest BCUT2D eigenvalue weighted by atomic mass is 10.3. The number of pyridine rings is 1. The van der Waals surface area contributed by atoms with Gasteiger partial charge in [0.15, 0.2) is 0 Å². The van der Waals surface area contributed by atoms with E-state index in [1.54, 1.807) is 24.5 Å². The van der Waals surface area contributed by atoms with Gasteiger partial charge < -0.3 is 8.92 Å². The number of benzene rings is 2. The zero-order valence-electron chi connectivity index (χ0n) is 13.0. The van der Waals surface area contributed by atoms with E-state index in [2.05, 4.69) is 4.98 Å². The van der Waals surface area contributed by atoms with Crippen LogP contribution in [0.2, 0.25) is 0 Å². The standard InChI is InChI=1S/C18H14FNO4S/c19-17-5-1-2-6-18(17)25(21,22)24-16-9-7-15(8-10-16)23-13-14-4-3-11-20-12-14/h1-12H,13H2. The summed E-state index contributed by atoms with van der Waals surface area (Å²) >= 11 is 0. The molecule has 0 radical (unpaired) electrons. The molecule has 0 N–H and O–H groups in total. The SMILES string of the molecule is O=S(=O)(Oc1ccc(OCc2cccnc2)cc1)c1ccccc1F. The van der Waals surface area contributed by atoms with Gasteiger partial charge in [-0.2, -0.15) is 8.42 Å². The molecule has 0 spiro atoms. The minimum Gasteiger partial charge on any atom is -0.489 e. The molecule has 0 bridgehead atoms. The molecular formula is C18H14FNO4S. The summed E-state index contributed by atoms with van der Waals surface area (Å²) in [4.78, 5) is 3.48. The second kappa shape index (κ2) is 7.31. The summed E-state index contributed by atoms with van der Waals surface area (Å²) in [6.07, 6.45) is 3.37. The molecular weight excluding hydrogens is 345 g/mol. The maximum Gasteiger partial charge on any atom is 0.342 e. The first-order valence-corrected chi connectivity index (χ1v) is 8.76. The van der Waals surface area contributed by atoms with Gasteiger partial charge in [-0.25, -0.2) is 4.39 Å². The van der Waals surface area contributed by atoms with Gasteiger partial charge in [-0.15, -0.1) is 0 Å². The van der Waals surface area contributed by atoms with Crippen molar-refractivity contribution < 1.29 is 21.7 Å². The number of nitrogens with zero attached hydrogens (tertiary/aromatic N) is 1. The predicted octanol–water partition coefficient (Wildman–Crippen LogP) is 3.57. The third-order valence-electron chi connectivity index (χ3n) is 3.26. The summed E-state index contributed by atoms with van der Waals surface area (Å²) < 4.78 is 48.4. The van der Waals surface area contributed by atoms with Gasteiger partial charge in [0, 0.05) is 18.0 Å². The lowest BCUT2D eigenvalue weighted by Gasteiger charge is -2.09. The van der Waals surface area contributed by atoms with Crippen molar-refractivity contribution >= 4 is 10.1 Å². The first-order valence-electron chi connectivity index (χ1n) is 7.35. The smallest absolute Gasteiger partial charge is 0.342 e. The maximum absolute atomic E-state index is 13.6. The molecule has 0 atom stereocenters. The second-order valence-corrected chi connectivity index (χ2v) is 6.60. The van der Waals surface area contributed by atoms with Gasteiger partial charge in [0.2, 0.25) is 0 Å². The van der Waals surface area contributed by atoms with Crippen molar-refractivity contribution in [3.05, 3.63) is 84.4 Å². The summed E-state index contributed by atoms with van der Waals surface area (Å²) in [6.45, 7) is 0.335. The quantitative estimate of drug-likeness (QED) is 0.630. The fraction of sp³-hybridized carbons (Fsp3) is 0.0556. The highest BCUT2D eigenvalue weighted by Gasteiger charge is 2.20. The molecule has 0 aliphatic carbocycles. The Morgan fingerprint density at radius 2 is 1.64 bits per heavy atom. The van der Waals surface area contributed by atoms with Gasteiger partial charge in [-0.3, -0.25) is 4.98 Å². The van der Waals surface area contributed by atoms with Crippen LogP contribution < -0.4 is 8.92 Å². The molecule has 7 heteroatoms. The molecule has 3 aromatic rings. The second-order valence-electron chi connectivity index (χ2n) is 5.09. The van der Waals surface area contributed by atoms with Crippen molar-refractivity contribution in [2.75, 3.05) is 0 Å². The number of halogens is 1. The van der Waals surface area contributed by atoms with Gasteiger partial charge in [0.1, 0.15) is 28.8 Å². The van der Waals surface area contributed by atoms with E-state index in [9.17, 15) is 12.8 Å². The van der Waals surface area contributed by atoms with E-state index in [-0.39, 0.29) is 5.75 Å². The average Bonchev–Trinajstić information content (AvgIpc) is 2.62.